The molecule has 0 amide bonds. The zero-order valence-electron chi connectivity index (χ0n) is 19.0. The summed E-state index contributed by atoms with van der Waals surface area (Å²) in [6, 6.07) is 10.4. The van der Waals surface area contributed by atoms with Gasteiger partial charge in [0.25, 0.3) is 0 Å². The van der Waals surface area contributed by atoms with Crippen molar-refractivity contribution in [2.24, 2.45) is 4.99 Å². The standard InChI is InChI=1S/C24H35N5O2/c1-4-31-22-16-19(9-11-21(22)30-3)8-7-13-26-24(25-2)28-18-20-10-12-23(27-17-20)29-14-5-6-15-29/h9-12,16-17H,4-8,13-15,18H2,1-3H3,(H2,25,26,28). The van der Waals surface area contributed by atoms with Crippen molar-refractivity contribution in [1.82, 2.24) is 15.6 Å². The Morgan fingerprint density at radius 1 is 1.10 bits per heavy atom. The Morgan fingerprint density at radius 3 is 2.58 bits per heavy atom. The second-order valence-corrected chi connectivity index (χ2v) is 7.59. The van der Waals surface area contributed by atoms with Crippen molar-refractivity contribution in [3.8, 4) is 11.5 Å². The van der Waals surface area contributed by atoms with E-state index >= 15 is 0 Å². The fraction of sp³-hybridized carbons (Fsp3) is 0.500. The molecule has 7 nitrogen and oxygen atoms in total. The molecule has 0 radical (unpaired) electrons. The average molecular weight is 426 g/mol. The van der Waals surface area contributed by atoms with Gasteiger partial charge >= 0.3 is 0 Å². The van der Waals surface area contributed by atoms with Crippen molar-refractivity contribution in [3.63, 3.8) is 0 Å². The highest BCUT2D eigenvalue weighted by molar-refractivity contribution is 5.79. The average Bonchev–Trinajstić information content (AvgIpc) is 3.34. The van der Waals surface area contributed by atoms with E-state index in [0.717, 1.165) is 61.3 Å². The molecule has 0 atom stereocenters. The van der Waals surface area contributed by atoms with E-state index in [9.17, 15) is 0 Å². The van der Waals surface area contributed by atoms with Gasteiger partial charge in [-0.25, -0.2) is 4.98 Å². The van der Waals surface area contributed by atoms with Crippen LogP contribution in [-0.4, -0.2) is 51.3 Å². The van der Waals surface area contributed by atoms with Gasteiger partial charge in [-0.15, -0.1) is 0 Å². The first-order valence-corrected chi connectivity index (χ1v) is 11.2. The number of aryl methyl sites for hydroxylation is 1. The third-order valence-corrected chi connectivity index (χ3v) is 5.39. The van der Waals surface area contributed by atoms with Crippen LogP contribution >= 0.6 is 0 Å². The molecule has 1 fully saturated rings. The molecule has 0 aliphatic carbocycles. The zero-order valence-corrected chi connectivity index (χ0v) is 19.0. The van der Waals surface area contributed by atoms with Crippen LogP contribution in [0.15, 0.2) is 41.5 Å². The van der Waals surface area contributed by atoms with Gasteiger partial charge in [-0.05, 0) is 61.9 Å². The van der Waals surface area contributed by atoms with Crippen LogP contribution in [0.3, 0.4) is 0 Å². The number of aromatic nitrogens is 1. The number of guanidine groups is 1. The van der Waals surface area contributed by atoms with Gasteiger partial charge in [0, 0.05) is 39.4 Å². The molecule has 0 unspecified atom stereocenters. The van der Waals surface area contributed by atoms with Gasteiger partial charge in [-0.1, -0.05) is 12.1 Å². The number of anilines is 1. The first-order valence-electron chi connectivity index (χ1n) is 11.2. The molecule has 2 aromatic rings. The fourth-order valence-electron chi connectivity index (χ4n) is 3.71. The molecule has 168 valence electrons. The van der Waals surface area contributed by atoms with Crippen LogP contribution in [0.2, 0.25) is 0 Å². The summed E-state index contributed by atoms with van der Waals surface area (Å²) in [5.41, 5.74) is 2.38. The van der Waals surface area contributed by atoms with Gasteiger partial charge in [0.15, 0.2) is 17.5 Å². The van der Waals surface area contributed by atoms with Crippen LogP contribution < -0.4 is 25.0 Å². The summed E-state index contributed by atoms with van der Waals surface area (Å²) in [4.78, 5) is 11.3. The number of ether oxygens (including phenoxy) is 2. The van der Waals surface area contributed by atoms with Crippen LogP contribution in [0.5, 0.6) is 11.5 Å². The van der Waals surface area contributed by atoms with Gasteiger partial charge in [-0.3, -0.25) is 4.99 Å². The normalized spacial score (nSPS) is 13.9. The summed E-state index contributed by atoms with van der Waals surface area (Å²) < 4.78 is 11.0. The lowest BCUT2D eigenvalue weighted by Gasteiger charge is -2.16. The van der Waals surface area contributed by atoms with E-state index in [1.165, 1.54) is 18.4 Å². The number of pyridine rings is 1. The van der Waals surface area contributed by atoms with Crippen LogP contribution in [0.4, 0.5) is 5.82 Å². The van der Waals surface area contributed by atoms with Gasteiger partial charge in [0.2, 0.25) is 0 Å². The molecule has 1 aromatic carbocycles. The number of methoxy groups -OCH3 is 1. The highest BCUT2D eigenvalue weighted by Crippen LogP contribution is 2.28. The summed E-state index contributed by atoms with van der Waals surface area (Å²) in [5, 5.41) is 6.75. The number of hydrogen-bond acceptors (Lipinski definition) is 5. The number of nitrogens with one attached hydrogen (secondary N) is 2. The number of benzene rings is 1. The number of aliphatic imine (C=N–C) groups is 1. The number of rotatable bonds is 10. The van der Waals surface area contributed by atoms with E-state index in [2.05, 4.69) is 49.8 Å². The predicted molar refractivity (Wildman–Crippen MR) is 126 cm³/mol. The van der Waals surface area contributed by atoms with E-state index in [0.29, 0.717) is 13.2 Å². The van der Waals surface area contributed by atoms with Gasteiger partial charge in [-0.2, -0.15) is 0 Å². The fourth-order valence-corrected chi connectivity index (χ4v) is 3.71. The summed E-state index contributed by atoms with van der Waals surface area (Å²) in [7, 11) is 3.46. The van der Waals surface area contributed by atoms with E-state index in [4.69, 9.17) is 9.47 Å². The van der Waals surface area contributed by atoms with Crippen LogP contribution in [0.1, 0.15) is 37.3 Å². The summed E-state index contributed by atoms with van der Waals surface area (Å²) >= 11 is 0. The molecule has 31 heavy (non-hydrogen) atoms. The molecule has 3 rings (SSSR count). The Kier molecular flexibility index (Phi) is 8.82. The van der Waals surface area contributed by atoms with Crippen LogP contribution in [0, 0.1) is 0 Å². The molecule has 7 heteroatoms. The first kappa shape index (κ1) is 22.7. The molecular formula is C24H35N5O2. The molecular weight excluding hydrogens is 390 g/mol. The summed E-state index contributed by atoms with van der Waals surface area (Å²) in [5.74, 6) is 3.46. The smallest absolute Gasteiger partial charge is 0.191 e. The Balaban J connectivity index is 1.40. The van der Waals surface area contributed by atoms with E-state index in [-0.39, 0.29) is 0 Å². The molecule has 0 spiro atoms. The third-order valence-electron chi connectivity index (χ3n) is 5.39. The maximum Gasteiger partial charge on any atom is 0.191 e. The van der Waals surface area contributed by atoms with Crippen molar-refractivity contribution in [1.29, 1.82) is 0 Å². The van der Waals surface area contributed by atoms with Crippen LogP contribution in [0.25, 0.3) is 0 Å². The largest absolute Gasteiger partial charge is 0.493 e. The van der Waals surface area contributed by atoms with Crippen molar-refractivity contribution >= 4 is 11.8 Å². The topological polar surface area (TPSA) is 71.0 Å². The van der Waals surface area contributed by atoms with Crippen LogP contribution in [-0.2, 0) is 13.0 Å². The highest BCUT2D eigenvalue weighted by atomic mass is 16.5. The second kappa shape index (κ2) is 12.0. The SMILES string of the molecule is CCOc1cc(CCCNC(=NC)NCc2ccc(N3CCCC3)nc2)ccc1OC. The van der Waals surface area contributed by atoms with Gasteiger partial charge in [0.1, 0.15) is 5.82 Å². The first-order chi connectivity index (χ1) is 15.2. The lowest BCUT2D eigenvalue weighted by atomic mass is 10.1. The highest BCUT2D eigenvalue weighted by Gasteiger charge is 2.13. The Hall–Kier alpha value is -2.96. The van der Waals surface area contributed by atoms with Gasteiger partial charge in [0.05, 0.1) is 13.7 Å². The summed E-state index contributed by atoms with van der Waals surface area (Å²) in [6.07, 6.45) is 6.42. The lowest BCUT2D eigenvalue weighted by molar-refractivity contribution is 0.310. The van der Waals surface area contributed by atoms with E-state index in [1.807, 2.05) is 19.2 Å². The van der Waals surface area contributed by atoms with Crippen molar-refractivity contribution in [2.45, 2.75) is 39.2 Å². The molecule has 0 saturated carbocycles. The van der Waals surface area contributed by atoms with Crippen molar-refractivity contribution in [3.05, 3.63) is 47.7 Å². The molecule has 2 heterocycles. The Bertz CT molecular complexity index is 832. The minimum absolute atomic E-state index is 0.625. The maximum atomic E-state index is 5.66. The maximum absolute atomic E-state index is 5.66. The minimum Gasteiger partial charge on any atom is -0.493 e. The molecule has 1 aromatic heterocycles. The second-order valence-electron chi connectivity index (χ2n) is 7.59. The Labute approximate surface area is 185 Å². The summed E-state index contributed by atoms with van der Waals surface area (Å²) in [6.45, 7) is 6.37. The number of hydrogen-bond donors (Lipinski definition) is 2. The lowest BCUT2D eigenvalue weighted by Crippen LogP contribution is -2.37. The molecule has 1 aliphatic heterocycles. The van der Waals surface area contributed by atoms with Crippen molar-refractivity contribution in [2.75, 3.05) is 45.3 Å². The third kappa shape index (κ3) is 6.77. The minimum atomic E-state index is 0.625. The zero-order chi connectivity index (χ0) is 21.9. The van der Waals surface area contributed by atoms with E-state index < -0.39 is 0 Å². The van der Waals surface area contributed by atoms with Crippen molar-refractivity contribution < 1.29 is 9.47 Å². The monoisotopic (exact) mass is 425 g/mol. The number of nitrogens with zero attached hydrogens (tertiary/aromatic N) is 3. The quantitative estimate of drug-likeness (QED) is 0.345. The van der Waals surface area contributed by atoms with E-state index in [1.54, 1.807) is 14.2 Å². The molecule has 1 saturated heterocycles. The molecule has 1 aliphatic rings. The Morgan fingerprint density at radius 2 is 1.90 bits per heavy atom. The molecule has 0 bridgehead atoms. The van der Waals surface area contributed by atoms with Gasteiger partial charge < -0.3 is 25.0 Å². The molecule has 2 N–H and O–H groups in total. The predicted octanol–water partition coefficient (Wildman–Crippen LogP) is 3.39.